The van der Waals surface area contributed by atoms with E-state index in [0.29, 0.717) is 28.3 Å². The lowest BCUT2D eigenvalue weighted by atomic mass is 10.0. The third kappa shape index (κ3) is 5.14. The van der Waals surface area contributed by atoms with E-state index in [9.17, 15) is 14.0 Å². The Bertz CT molecular complexity index is 1320. The lowest BCUT2D eigenvalue weighted by Gasteiger charge is -2.18. The first-order chi connectivity index (χ1) is 15.9. The minimum Gasteiger partial charge on any atom is -0.355 e. The highest BCUT2D eigenvalue weighted by atomic mass is 32.2. The van der Waals surface area contributed by atoms with Crippen LogP contribution >= 0.6 is 11.8 Å². The number of fused-ring (bicyclic) bond motifs is 1. The average Bonchev–Trinajstić information content (AvgIpc) is 2.84. The lowest BCUT2D eigenvalue weighted by Crippen LogP contribution is -2.34. The second-order valence-corrected chi connectivity index (χ2v) is 9.15. The Morgan fingerprint density at radius 1 is 1.00 bits per heavy atom. The van der Waals surface area contributed by atoms with Gasteiger partial charge >= 0.3 is 0 Å². The van der Waals surface area contributed by atoms with Crippen LogP contribution in [0.4, 0.5) is 4.39 Å². The number of benzene rings is 3. The Kier molecular flexibility index (Phi) is 6.89. The van der Waals surface area contributed by atoms with Crippen LogP contribution in [0.25, 0.3) is 16.6 Å². The maximum atomic E-state index is 13.5. The molecule has 33 heavy (non-hydrogen) atoms. The van der Waals surface area contributed by atoms with Gasteiger partial charge in [-0.05, 0) is 54.8 Å². The minimum absolute atomic E-state index is 0.143. The van der Waals surface area contributed by atoms with Gasteiger partial charge in [-0.2, -0.15) is 0 Å². The normalized spacial score (nSPS) is 12.9. The molecule has 4 rings (SSSR count). The number of halogens is 1. The summed E-state index contributed by atoms with van der Waals surface area (Å²) in [5.74, 6) is -0.366. The lowest BCUT2D eigenvalue weighted by molar-refractivity contribution is -0.120. The van der Waals surface area contributed by atoms with Crippen LogP contribution in [0.15, 0.2) is 88.8 Å². The second-order valence-electron chi connectivity index (χ2n) is 7.85. The van der Waals surface area contributed by atoms with E-state index in [1.807, 2.05) is 36.4 Å². The van der Waals surface area contributed by atoms with Crippen molar-refractivity contribution in [2.24, 2.45) is 0 Å². The molecule has 0 aliphatic rings. The summed E-state index contributed by atoms with van der Waals surface area (Å²) < 4.78 is 14.9. The summed E-state index contributed by atoms with van der Waals surface area (Å²) in [6.45, 7) is 4.34. The molecule has 168 valence electrons. The van der Waals surface area contributed by atoms with Crippen molar-refractivity contribution in [1.82, 2.24) is 14.9 Å². The van der Waals surface area contributed by atoms with Crippen molar-refractivity contribution in [3.8, 4) is 5.69 Å². The SMILES string of the molecule is CC(Sc1nc2ccccc2c(=O)n1-c1ccc(F)cc1)C(=O)NCC(C)c1ccccc1. The van der Waals surface area contributed by atoms with E-state index in [1.165, 1.54) is 40.6 Å². The smallest absolute Gasteiger partial charge is 0.266 e. The number of para-hydroxylation sites is 1. The fourth-order valence-corrected chi connectivity index (χ4v) is 4.47. The zero-order chi connectivity index (χ0) is 23.4. The molecule has 0 fully saturated rings. The topological polar surface area (TPSA) is 64.0 Å². The first-order valence-electron chi connectivity index (χ1n) is 10.7. The molecule has 2 atom stereocenters. The van der Waals surface area contributed by atoms with E-state index in [-0.39, 0.29) is 17.4 Å². The Labute approximate surface area is 195 Å². The number of nitrogens with one attached hydrogen (secondary N) is 1. The van der Waals surface area contributed by atoms with E-state index in [2.05, 4.69) is 17.2 Å². The van der Waals surface area contributed by atoms with Gasteiger partial charge in [0, 0.05) is 6.54 Å². The molecular weight excluding hydrogens is 437 g/mol. The van der Waals surface area contributed by atoms with E-state index >= 15 is 0 Å². The molecule has 3 aromatic carbocycles. The molecule has 0 radical (unpaired) electrons. The summed E-state index contributed by atoms with van der Waals surface area (Å²) in [6.07, 6.45) is 0. The maximum absolute atomic E-state index is 13.5. The van der Waals surface area contributed by atoms with Crippen LogP contribution in [0.3, 0.4) is 0 Å². The predicted octanol–water partition coefficient (Wildman–Crippen LogP) is 4.93. The van der Waals surface area contributed by atoms with E-state index in [4.69, 9.17) is 0 Å². The standard InChI is InChI=1S/C26H24FN3O2S/c1-17(19-8-4-3-5-9-19)16-28-24(31)18(2)33-26-29-23-11-7-6-10-22(23)25(32)30(26)21-14-12-20(27)13-15-21/h3-15,17-18H,16H2,1-2H3,(H,28,31). The molecule has 0 saturated heterocycles. The van der Waals surface area contributed by atoms with Crippen molar-refractivity contribution >= 4 is 28.6 Å². The van der Waals surface area contributed by atoms with Crippen LogP contribution in [-0.4, -0.2) is 27.3 Å². The van der Waals surface area contributed by atoms with Gasteiger partial charge in [-0.15, -0.1) is 0 Å². The number of hydrogen-bond donors (Lipinski definition) is 1. The number of thioether (sulfide) groups is 1. The molecule has 1 heterocycles. The average molecular weight is 462 g/mol. The molecule has 0 aliphatic carbocycles. The molecule has 0 bridgehead atoms. The molecule has 0 spiro atoms. The molecule has 2 unspecified atom stereocenters. The third-order valence-electron chi connectivity index (χ3n) is 5.43. The van der Waals surface area contributed by atoms with Gasteiger partial charge in [0.2, 0.25) is 5.91 Å². The van der Waals surface area contributed by atoms with Crippen molar-refractivity contribution in [2.45, 2.75) is 30.2 Å². The van der Waals surface area contributed by atoms with Gasteiger partial charge in [-0.1, -0.05) is 61.2 Å². The molecule has 0 saturated carbocycles. The Morgan fingerprint density at radius 3 is 2.39 bits per heavy atom. The zero-order valence-electron chi connectivity index (χ0n) is 18.4. The van der Waals surface area contributed by atoms with Crippen LogP contribution in [0.1, 0.15) is 25.3 Å². The number of carbonyl (C=O) groups is 1. The summed E-state index contributed by atoms with van der Waals surface area (Å²) in [5.41, 5.74) is 1.93. The molecule has 1 aromatic heterocycles. The fraction of sp³-hybridized carbons (Fsp3) is 0.192. The summed E-state index contributed by atoms with van der Waals surface area (Å²) in [7, 11) is 0. The number of rotatable bonds is 7. The highest BCUT2D eigenvalue weighted by molar-refractivity contribution is 8.00. The number of carbonyl (C=O) groups excluding carboxylic acids is 1. The highest BCUT2D eigenvalue weighted by Crippen LogP contribution is 2.25. The maximum Gasteiger partial charge on any atom is 0.266 e. The summed E-state index contributed by atoms with van der Waals surface area (Å²) in [5, 5.41) is 3.34. The van der Waals surface area contributed by atoms with Gasteiger partial charge < -0.3 is 5.32 Å². The summed E-state index contributed by atoms with van der Waals surface area (Å²) >= 11 is 1.20. The van der Waals surface area contributed by atoms with Crippen LogP contribution in [0.2, 0.25) is 0 Å². The van der Waals surface area contributed by atoms with Gasteiger partial charge in [-0.3, -0.25) is 14.2 Å². The number of hydrogen-bond acceptors (Lipinski definition) is 4. The van der Waals surface area contributed by atoms with Crippen LogP contribution < -0.4 is 10.9 Å². The Morgan fingerprint density at radius 2 is 1.67 bits per heavy atom. The van der Waals surface area contributed by atoms with Gasteiger partial charge in [0.1, 0.15) is 5.82 Å². The van der Waals surface area contributed by atoms with Gasteiger partial charge in [0.25, 0.3) is 5.56 Å². The third-order valence-corrected chi connectivity index (χ3v) is 6.48. The molecule has 4 aromatic rings. The molecule has 1 N–H and O–H groups in total. The Hall–Kier alpha value is -3.45. The fourth-order valence-electron chi connectivity index (χ4n) is 3.52. The monoisotopic (exact) mass is 461 g/mol. The predicted molar refractivity (Wildman–Crippen MR) is 130 cm³/mol. The molecule has 1 amide bonds. The Balaban J connectivity index is 1.59. The van der Waals surface area contributed by atoms with Gasteiger partial charge in [0.15, 0.2) is 5.16 Å². The molecule has 7 heteroatoms. The quantitative estimate of drug-likeness (QED) is 0.313. The van der Waals surface area contributed by atoms with Crippen LogP contribution in [-0.2, 0) is 4.79 Å². The minimum atomic E-state index is -0.493. The highest BCUT2D eigenvalue weighted by Gasteiger charge is 2.21. The number of nitrogens with zero attached hydrogens (tertiary/aromatic N) is 2. The van der Waals surface area contributed by atoms with Gasteiger partial charge in [0.05, 0.1) is 21.8 Å². The number of amides is 1. The van der Waals surface area contributed by atoms with E-state index < -0.39 is 11.1 Å². The van der Waals surface area contributed by atoms with Crippen molar-refractivity contribution in [1.29, 1.82) is 0 Å². The van der Waals surface area contributed by atoms with Crippen molar-refractivity contribution in [3.05, 3.63) is 101 Å². The van der Waals surface area contributed by atoms with Gasteiger partial charge in [-0.25, -0.2) is 9.37 Å². The summed E-state index contributed by atoms with van der Waals surface area (Å²) in [6, 6.07) is 22.7. The van der Waals surface area contributed by atoms with E-state index in [0.717, 1.165) is 5.56 Å². The van der Waals surface area contributed by atoms with Crippen molar-refractivity contribution < 1.29 is 9.18 Å². The molecular formula is C26H24FN3O2S. The first kappa shape index (κ1) is 22.7. The molecule has 5 nitrogen and oxygen atoms in total. The second kappa shape index (κ2) is 10.0. The van der Waals surface area contributed by atoms with Crippen LogP contribution in [0.5, 0.6) is 0 Å². The van der Waals surface area contributed by atoms with E-state index in [1.54, 1.807) is 25.1 Å². The summed E-state index contributed by atoms with van der Waals surface area (Å²) in [4.78, 5) is 30.8. The zero-order valence-corrected chi connectivity index (χ0v) is 19.2. The molecule has 0 aliphatic heterocycles. The van der Waals surface area contributed by atoms with Crippen molar-refractivity contribution in [2.75, 3.05) is 6.54 Å². The number of aromatic nitrogens is 2. The first-order valence-corrected chi connectivity index (χ1v) is 11.6. The van der Waals surface area contributed by atoms with Crippen molar-refractivity contribution in [3.63, 3.8) is 0 Å². The largest absolute Gasteiger partial charge is 0.355 e. The van der Waals surface area contributed by atoms with Crippen LogP contribution in [0, 0.1) is 5.82 Å².